The molecule has 2 rings (SSSR count). The Morgan fingerprint density at radius 2 is 1.94 bits per heavy atom. The van der Waals surface area contributed by atoms with Crippen molar-refractivity contribution in [3.63, 3.8) is 0 Å². The van der Waals surface area contributed by atoms with Crippen molar-refractivity contribution < 1.29 is 0 Å². The van der Waals surface area contributed by atoms with Crippen LogP contribution in [0.15, 0.2) is 29.1 Å². The summed E-state index contributed by atoms with van der Waals surface area (Å²) in [4.78, 5) is 11.8. The van der Waals surface area contributed by atoms with Gasteiger partial charge in [0.1, 0.15) is 0 Å². The van der Waals surface area contributed by atoms with Gasteiger partial charge in [0.15, 0.2) is 5.43 Å². The Labute approximate surface area is 99.5 Å². The molecule has 16 heavy (non-hydrogen) atoms. The highest BCUT2D eigenvalue weighted by molar-refractivity contribution is 6.31. The summed E-state index contributed by atoms with van der Waals surface area (Å²) < 4.78 is 2.13. The van der Waals surface area contributed by atoms with E-state index in [1.54, 1.807) is 18.2 Å². The molecule has 3 heteroatoms. The third-order valence-electron chi connectivity index (χ3n) is 2.72. The third-order valence-corrected chi connectivity index (χ3v) is 2.96. The molecule has 0 aliphatic rings. The molecule has 84 valence electrons. The summed E-state index contributed by atoms with van der Waals surface area (Å²) in [6.07, 6.45) is 0. The van der Waals surface area contributed by atoms with E-state index < -0.39 is 0 Å². The lowest BCUT2D eigenvalue weighted by molar-refractivity contribution is 0.602. The third kappa shape index (κ3) is 1.74. The number of halogens is 1. The van der Waals surface area contributed by atoms with E-state index in [0.29, 0.717) is 11.1 Å². The van der Waals surface area contributed by atoms with Crippen LogP contribution in [0, 0.1) is 6.92 Å². The van der Waals surface area contributed by atoms with Gasteiger partial charge in [-0.25, -0.2) is 0 Å². The first kappa shape index (κ1) is 11.2. The minimum Gasteiger partial charge on any atom is -0.342 e. The van der Waals surface area contributed by atoms with Crippen molar-refractivity contribution in [2.24, 2.45) is 0 Å². The molecule has 0 amide bonds. The van der Waals surface area contributed by atoms with Gasteiger partial charge in [-0.15, -0.1) is 0 Å². The molecule has 0 spiro atoms. The number of pyridine rings is 1. The number of nitrogens with zero attached hydrogens (tertiary/aromatic N) is 1. The smallest absolute Gasteiger partial charge is 0.189 e. The molecule has 0 saturated carbocycles. The Bertz CT molecular complexity index is 599. The molecule has 0 bridgehead atoms. The zero-order valence-corrected chi connectivity index (χ0v) is 10.4. The van der Waals surface area contributed by atoms with E-state index in [1.807, 2.05) is 13.0 Å². The Morgan fingerprint density at radius 1 is 1.25 bits per heavy atom. The summed E-state index contributed by atoms with van der Waals surface area (Å²) in [7, 11) is 0. The van der Waals surface area contributed by atoms with Gasteiger partial charge in [-0.2, -0.15) is 0 Å². The number of benzene rings is 1. The molecule has 0 aliphatic carbocycles. The first-order valence-electron chi connectivity index (χ1n) is 5.32. The van der Waals surface area contributed by atoms with Crippen LogP contribution in [0.25, 0.3) is 10.9 Å². The second kappa shape index (κ2) is 3.95. The van der Waals surface area contributed by atoms with E-state index >= 15 is 0 Å². The highest BCUT2D eigenvalue weighted by Gasteiger charge is 2.09. The topological polar surface area (TPSA) is 22.0 Å². The van der Waals surface area contributed by atoms with Crippen LogP contribution in [0.4, 0.5) is 0 Å². The second-order valence-corrected chi connectivity index (χ2v) is 4.71. The molecular weight excluding hydrogens is 222 g/mol. The molecule has 2 nitrogen and oxygen atoms in total. The van der Waals surface area contributed by atoms with Crippen molar-refractivity contribution in [1.29, 1.82) is 0 Å². The van der Waals surface area contributed by atoms with E-state index in [4.69, 9.17) is 11.6 Å². The van der Waals surface area contributed by atoms with E-state index in [0.717, 1.165) is 16.6 Å². The van der Waals surface area contributed by atoms with Gasteiger partial charge in [0.25, 0.3) is 0 Å². The molecular formula is C13H14ClNO. The summed E-state index contributed by atoms with van der Waals surface area (Å²) in [5.74, 6) is 0. The summed E-state index contributed by atoms with van der Waals surface area (Å²) in [5, 5.41) is 1.38. The number of fused-ring (bicyclic) bond motifs is 1. The summed E-state index contributed by atoms with van der Waals surface area (Å²) in [5.41, 5.74) is 1.93. The monoisotopic (exact) mass is 235 g/mol. The number of hydrogen-bond acceptors (Lipinski definition) is 1. The number of hydrogen-bond donors (Lipinski definition) is 0. The van der Waals surface area contributed by atoms with Gasteiger partial charge in [0, 0.05) is 28.2 Å². The molecule has 1 aromatic carbocycles. The zero-order chi connectivity index (χ0) is 11.9. The van der Waals surface area contributed by atoms with Gasteiger partial charge < -0.3 is 4.57 Å². The first-order valence-corrected chi connectivity index (χ1v) is 5.70. The molecule has 0 aliphatic heterocycles. The molecule has 0 radical (unpaired) electrons. The SMILES string of the molecule is Cc1cc(=O)c2ccc(Cl)cc2n1C(C)C. The van der Waals surface area contributed by atoms with Gasteiger partial charge in [-0.1, -0.05) is 11.6 Å². The standard InChI is InChI=1S/C13H14ClNO/c1-8(2)15-9(3)6-13(16)11-5-4-10(14)7-12(11)15/h4-8H,1-3H3. The molecule has 1 heterocycles. The fraction of sp³-hybridized carbons (Fsp3) is 0.308. The lowest BCUT2D eigenvalue weighted by atomic mass is 10.1. The number of rotatable bonds is 1. The normalized spacial score (nSPS) is 11.3. The minimum atomic E-state index is 0.0565. The maximum absolute atomic E-state index is 11.8. The minimum absolute atomic E-state index is 0.0565. The highest BCUT2D eigenvalue weighted by Crippen LogP contribution is 2.21. The fourth-order valence-corrected chi connectivity index (χ4v) is 2.29. The molecule has 0 unspecified atom stereocenters. The Morgan fingerprint density at radius 3 is 2.56 bits per heavy atom. The van der Waals surface area contributed by atoms with Crippen LogP contribution in [0.3, 0.4) is 0 Å². The van der Waals surface area contributed by atoms with E-state index in [-0.39, 0.29) is 5.43 Å². The van der Waals surface area contributed by atoms with Gasteiger partial charge in [-0.05, 0) is 39.0 Å². The maximum Gasteiger partial charge on any atom is 0.189 e. The van der Waals surface area contributed by atoms with E-state index in [1.165, 1.54) is 0 Å². The van der Waals surface area contributed by atoms with Gasteiger partial charge in [-0.3, -0.25) is 4.79 Å². The lowest BCUT2D eigenvalue weighted by Crippen LogP contribution is -2.13. The Hall–Kier alpha value is -1.28. The Balaban J connectivity index is 2.98. The Kier molecular flexibility index (Phi) is 2.76. The summed E-state index contributed by atoms with van der Waals surface area (Å²) in [6, 6.07) is 7.38. The average molecular weight is 236 g/mol. The molecule has 0 fully saturated rings. The summed E-state index contributed by atoms with van der Waals surface area (Å²) >= 11 is 5.98. The zero-order valence-electron chi connectivity index (χ0n) is 9.62. The largest absolute Gasteiger partial charge is 0.342 e. The van der Waals surface area contributed by atoms with Crippen molar-refractivity contribution >= 4 is 22.5 Å². The second-order valence-electron chi connectivity index (χ2n) is 4.28. The van der Waals surface area contributed by atoms with Crippen LogP contribution in [-0.2, 0) is 0 Å². The fourth-order valence-electron chi connectivity index (χ4n) is 2.12. The van der Waals surface area contributed by atoms with Crippen LogP contribution in [0.1, 0.15) is 25.6 Å². The van der Waals surface area contributed by atoms with Gasteiger partial charge in [0.05, 0.1) is 5.52 Å². The van der Waals surface area contributed by atoms with Crippen molar-refractivity contribution in [2.45, 2.75) is 26.8 Å². The van der Waals surface area contributed by atoms with Gasteiger partial charge >= 0.3 is 0 Å². The van der Waals surface area contributed by atoms with Crippen molar-refractivity contribution in [3.8, 4) is 0 Å². The molecule has 0 atom stereocenters. The van der Waals surface area contributed by atoms with Gasteiger partial charge in [0.2, 0.25) is 0 Å². The molecule has 2 aromatic rings. The van der Waals surface area contributed by atoms with Crippen molar-refractivity contribution in [3.05, 3.63) is 45.2 Å². The van der Waals surface area contributed by atoms with Crippen LogP contribution >= 0.6 is 11.6 Å². The molecule has 0 N–H and O–H groups in total. The first-order chi connectivity index (χ1) is 7.50. The predicted octanol–water partition coefficient (Wildman–Crippen LogP) is 3.54. The van der Waals surface area contributed by atoms with Crippen LogP contribution in [-0.4, -0.2) is 4.57 Å². The number of aromatic nitrogens is 1. The van der Waals surface area contributed by atoms with Crippen molar-refractivity contribution in [2.75, 3.05) is 0 Å². The molecule has 0 saturated heterocycles. The van der Waals surface area contributed by atoms with Crippen LogP contribution < -0.4 is 5.43 Å². The molecule has 1 aromatic heterocycles. The quantitative estimate of drug-likeness (QED) is 0.741. The van der Waals surface area contributed by atoms with E-state index in [2.05, 4.69) is 18.4 Å². The van der Waals surface area contributed by atoms with Crippen molar-refractivity contribution in [1.82, 2.24) is 4.57 Å². The lowest BCUT2D eigenvalue weighted by Gasteiger charge is -2.18. The van der Waals surface area contributed by atoms with Crippen LogP contribution in [0.2, 0.25) is 5.02 Å². The average Bonchev–Trinajstić information content (AvgIpc) is 2.15. The summed E-state index contributed by atoms with van der Waals surface area (Å²) in [6.45, 7) is 6.14. The number of aryl methyl sites for hydroxylation is 1. The predicted molar refractivity (Wildman–Crippen MR) is 68.3 cm³/mol. The maximum atomic E-state index is 11.8. The highest BCUT2D eigenvalue weighted by atomic mass is 35.5. The van der Waals surface area contributed by atoms with Crippen LogP contribution in [0.5, 0.6) is 0 Å². The van der Waals surface area contributed by atoms with E-state index in [9.17, 15) is 4.79 Å².